The summed E-state index contributed by atoms with van der Waals surface area (Å²) >= 11 is 0. The molecular formula is C14H11FN2OS. The summed E-state index contributed by atoms with van der Waals surface area (Å²) in [5.74, 6) is -0.285. The summed E-state index contributed by atoms with van der Waals surface area (Å²) in [6.45, 7) is 0. The summed E-state index contributed by atoms with van der Waals surface area (Å²) < 4.78 is 25.3. The highest BCUT2D eigenvalue weighted by Gasteiger charge is 2.08. The number of halogens is 1. The summed E-state index contributed by atoms with van der Waals surface area (Å²) in [5, 5.41) is 8.79. The van der Waals surface area contributed by atoms with Crippen molar-refractivity contribution in [1.29, 1.82) is 5.26 Å². The van der Waals surface area contributed by atoms with Crippen LogP contribution in [0, 0.1) is 17.1 Å². The van der Waals surface area contributed by atoms with E-state index in [1.807, 2.05) is 6.07 Å². The second kappa shape index (κ2) is 5.63. The number of hydrogen-bond donors (Lipinski definition) is 1. The van der Waals surface area contributed by atoms with Crippen LogP contribution in [0.4, 0.5) is 10.1 Å². The van der Waals surface area contributed by atoms with Crippen LogP contribution < -0.4 is 5.73 Å². The van der Waals surface area contributed by atoms with E-state index in [2.05, 4.69) is 0 Å². The number of anilines is 1. The third kappa shape index (κ3) is 3.39. The highest BCUT2D eigenvalue weighted by atomic mass is 32.2. The van der Waals surface area contributed by atoms with E-state index >= 15 is 0 Å². The molecule has 0 bridgehead atoms. The second-order valence-electron chi connectivity index (χ2n) is 4.02. The highest BCUT2D eigenvalue weighted by molar-refractivity contribution is 7.84. The van der Waals surface area contributed by atoms with Crippen LogP contribution in [-0.2, 0) is 16.6 Å². The summed E-state index contributed by atoms with van der Waals surface area (Å²) in [6.07, 6.45) is 0. The van der Waals surface area contributed by atoms with Gasteiger partial charge in [-0.1, -0.05) is 12.1 Å². The van der Waals surface area contributed by atoms with Crippen molar-refractivity contribution in [1.82, 2.24) is 0 Å². The Labute approximate surface area is 112 Å². The molecule has 0 fully saturated rings. The Balaban J connectivity index is 2.23. The first-order valence-electron chi connectivity index (χ1n) is 5.52. The molecule has 0 radical (unpaired) electrons. The van der Waals surface area contributed by atoms with Gasteiger partial charge >= 0.3 is 0 Å². The summed E-state index contributed by atoms with van der Waals surface area (Å²) in [7, 11) is -1.39. The van der Waals surface area contributed by atoms with Crippen LogP contribution in [0.3, 0.4) is 0 Å². The minimum atomic E-state index is -1.39. The molecule has 2 rings (SSSR count). The first-order chi connectivity index (χ1) is 9.08. The smallest absolute Gasteiger partial charge is 0.126 e. The molecular weight excluding hydrogens is 263 g/mol. The molecule has 5 heteroatoms. The van der Waals surface area contributed by atoms with Gasteiger partial charge in [-0.3, -0.25) is 4.21 Å². The Kier molecular flexibility index (Phi) is 3.93. The molecule has 0 heterocycles. The minimum Gasteiger partial charge on any atom is -0.399 e. The van der Waals surface area contributed by atoms with E-state index in [1.165, 1.54) is 18.2 Å². The van der Waals surface area contributed by atoms with Crippen molar-refractivity contribution in [2.75, 3.05) is 5.73 Å². The molecule has 0 saturated carbocycles. The third-order valence-electron chi connectivity index (χ3n) is 2.51. The van der Waals surface area contributed by atoms with Crippen LogP contribution in [-0.4, -0.2) is 4.21 Å². The average molecular weight is 274 g/mol. The molecule has 2 aromatic carbocycles. The Morgan fingerprint density at radius 2 is 2.05 bits per heavy atom. The number of nitrogens with zero attached hydrogens (tertiary/aromatic N) is 1. The van der Waals surface area contributed by atoms with Crippen LogP contribution in [0.2, 0.25) is 0 Å². The van der Waals surface area contributed by atoms with E-state index in [-0.39, 0.29) is 11.4 Å². The lowest BCUT2D eigenvalue weighted by atomic mass is 10.2. The molecule has 0 aliphatic carbocycles. The van der Waals surface area contributed by atoms with Gasteiger partial charge in [0.2, 0.25) is 0 Å². The zero-order valence-electron chi connectivity index (χ0n) is 9.97. The van der Waals surface area contributed by atoms with Gasteiger partial charge in [-0.15, -0.1) is 0 Å². The number of nitriles is 1. The molecule has 0 aromatic heterocycles. The summed E-state index contributed by atoms with van der Waals surface area (Å²) in [5.41, 5.74) is 7.04. The number of rotatable bonds is 3. The van der Waals surface area contributed by atoms with Crippen molar-refractivity contribution >= 4 is 16.5 Å². The van der Waals surface area contributed by atoms with Gasteiger partial charge in [-0.25, -0.2) is 4.39 Å². The maximum Gasteiger partial charge on any atom is 0.126 e. The molecule has 96 valence electrons. The van der Waals surface area contributed by atoms with Crippen LogP contribution in [0.25, 0.3) is 0 Å². The Morgan fingerprint density at radius 1 is 1.26 bits per heavy atom. The summed E-state index contributed by atoms with van der Waals surface area (Å²) in [6, 6.07) is 12.7. The first kappa shape index (κ1) is 13.2. The lowest BCUT2D eigenvalue weighted by Gasteiger charge is -2.04. The van der Waals surface area contributed by atoms with Gasteiger partial charge in [0, 0.05) is 10.6 Å². The molecule has 3 nitrogen and oxygen atoms in total. The molecule has 0 amide bonds. The SMILES string of the molecule is N#Cc1cccc(CS(=O)c2cc(N)cc(F)c2)c1. The van der Waals surface area contributed by atoms with E-state index in [9.17, 15) is 8.60 Å². The van der Waals surface area contributed by atoms with E-state index in [0.29, 0.717) is 10.5 Å². The molecule has 1 atom stereocenters. The van der Waals surface area contributed by atoms with Crippen molar-refractivity contribution < 1.29 is 8.60 Å². The van der Waals surface area contributed by atoms with Crippen molar-refractivity contribution in [3.63, 3.8) is 0 Å². The zero-order valence-corrected chi connectivity index (χ0v) is 10.8. The largest absolute Gasteiger partial charge is 0.399 e. The van der Waals surface area contributed by atoms with Crippen LogP contribution in [0.15, 0.2) is 47.4 Å². The molecule has 0 aliphatic rings. The Hall–Kier alpha value is -2.19. The topological polar surface area (TPSA) is 66.9 Å². The number of nitrogen functional groups attached to an aromatic ring is 1. The van der Waals surface area contributed by atoms with Crippen LogP contribution in [0.5, 0.6) is 0 Å². The lowest BCUT2D eigenvalue weighted by Crippen LogP contribution is -1.99. The molecule has 0 spiro atoms. The highest BCUT2D eigenvalue weighted by Crippen LogP contribution is 2.17. The second-order valence-corrected chi connectivity index (χ2v) is 5.47. The molecule has 2 aromatic rings. The molecule has 2 N–H and O–H groups in total. The Bertz CT molecular complexity index is 659. The molecule has 0 saturated heterocycles. The first-order valence-corrected chi connectivity index (χ1v) is 6.84. The van der Waals surface area contributed by atoms with Crippen LogP contribution >= 0.6 is 0 Å². The molecule has 19 heavy (non-hydrogen) atoms. The van der Waals surface area contributed by atoms with Gasteiger partial charge in [0.15, 0.2) is 0 Å². The van der Waals surface area contributed by atoms with Crippen molar-refractivity contribution in [3.05, 3.63) is 59.4 Å². The third-order valence-corrected chi connectivity index (χ3v) is 3.87. The fraction of sp³-hybridized carbons (Fsp3) is 0.0714. The van der Waals surface area contributed by atoms with Gasteiger partial charge in [0.25, 0.3) is 0 Å². The molecule has 1 unspecified atom stereocenters. The van der Waals surface area contributed by atoms with E-state index < -0.39 is 16.6 Å². The molecule has 0 aliphatic heterocycles. The van der Waals surface area contributed by atoms with Crippen molar-refractivity contribution in [2.45, 2.75) is 10.6 Å². The predicted molar refractivity (Wildman–Crippen MR) is 72.1 cm³/mol. The van der Waals surface area contributed by atoms with Gasteiger partial charge in [0.1, 0.15) is 5.82 Å². The van der Waals surface area contributed by atoms with Gasteiger partial charge < -0.3 is 5.73 Å². The van der Waals surface area contributed by atoms with E-state index in [4.69, 9.17) is 11.0 Å². The maximum atomic E-state index is 13.2. The van der Waals surface area contributed by atoms with Gasteiger partial charge in [0.05, 0.1) is 28.2 Å². The standard InChI is InChI=1S/C14H11FN2OS/c15-12-5-13(17)7-14(6-12)19(18)9-11-3-1-2-10(4-11)8-16/h1-7H,9,17H2. The normalized spacial score (nSPS) is 11.8. The van der Waals surface area contributed by atoms with Crippen LogP contribution in [0.1, 0.15) is 11.1 Å². The summed E-state index contributed by atoms with van der Waals surface area (Å²) in [4.78, 5) is 0.347. The quantitative estimate of drug-likeness (QED) is 0.875. The average Bonchev–Trinajstić information content (AvgIpc) is 2.37. The van der Waals surface area contributed by atoms with E-state index in [1.54, 1.807) is 24.3 Å². The van der Waals surface area contributed by atoms with Gasteiger partial charge in [-0.05, 0) is 35.9 Å². The zero-order chi connectivity index (χ0) is 13.8. The van der Waals surface area contributed by atoms with Crippen molar-refractivity contribution in [2.24, 2.45) is 0 Å². The monoisotopic (exact) mass is 274 g/mol. The van der Waals surface area contributed by atoms with Crippen molar-refractivity contribution in [3.8, 4) is 6.07 Å². The number of nitrogens with two attached hydrogens (primary N) is 1. The van der Waals surface area contributed by atoms with Gasteiger partial charge in [-0.2, -0.15) is 5.26 Å². The predicted octanol–water partition coefficient (Wildman–Crippen LogP) is 2.59. The minimum absolute atomic E-state index is 0.221. The maximum absolute atomic E-state index is 13.2. The Morgan fingerprint density at radius 3 is 2.74 bits per heavy atom. The number of hydrogen-bond acceptors (Lipinski definition) is 3. The number of benzene rings is 2. The fourth-order valence-corrected chi connectivity index (χ4v) is 2.84. The van der Waals surface area contributed by atoms with E-state index in [0.717, 1.165) is 5.56 Å². The fourth-order valence-electron chi connectivity index (χ4n) is 1.68. The lowest BCUT2D eigenvalue weighted by molar-refractivity contribution is 0.623.